The summed E-state index contributed by atoms with van der Waals surface area (Å²) in [5.74, 6) is 0.839. The molecule has 2 fully saturated rings. The summed E-state index contributed by atoms with van der Waals surface area (Å²) < 4.78 is 0. The molecule has 1 amide bonds. The van der Waals surface area contributed by atoms with Gasteiger partial charge in [-0.3, -0.25) is 4.79 Å². The van der Waals surface area contributed by atoms with E-state index in [1.165, 1.54) is 12.8 Å². The van der Waals surface area contributed by atoms with E-state index in [-0.39, 0.29) is 5.91 Å². The normalized spacial score (nSPS) is 22.0. The summed E-state index contributed by atoms with van der Waals surface area (Å²) in [5, 5.41) is 4.13. The molecule has 4 heteroatoms. The van der Waals surface area contributed by atoms with E-state index in [4.69, 9.17) is 11.6 Å². The van der Waals surface area contributed by atoms with Gasteiger partial charge in [-0.1, -0.05) is 29.8 Å². The van der Waals surface area contributed by atoms with Gasteiger partial charge in [-0.05, 0) is 56.3 Å². The van der Waals surface area contributed by atoms with Gasteiger partial charge in [-0.2, -0.15) is 0 Å². The molecule has 1 aromatic rings. The van der Waals surface area contributed by atoms with Crippen LogP contribution in [0.25, 0.3) is 0 Å². The number of halogens is 1. The molecule has 1 heterocycles. The summed E-state index contributed by atoms with van der Waals surface area (Å²) >= 11 is 6.18. The number of amides is 1. The van der Waals surface area contributed by atoms with Crippen molar-refractivity contribution in [2.24, 2.45) is 5.92 Å². The Bertz CT molecular complexity index is 495. The van der Waals surface area contributed by atoms with E-state index in [0.29, 0.717) is 23.4 Å². The molecule has 114 valence electrons. The molecule has 0 spiro atoms. The second-order valence-corrected chi connectivity index (χ2v) is 6.67. The lowest BCUT2D eigenvalue weighted by atomic mass is 9.98. The summed E-state index contributed by atoms with van der Waals surface area (Å²) in [7, 11) is 0. The summed E-state index contributed by atoms with van der Waals surface area (Å²) in [4.78, 5) is 14.8. The van der Waals surface area contributed by atoms with Gasteiger partial charge >= 0.3 is 0 Å². The van der Waals surface area contributed by atoms with Crippen LogP contribution in [0.2, 0.25) is 5.02 Å². The van der Waals surface area contributed by atoms with Gasteiger partial charge in [0.05, 0.1) is 6.42 Å². The van der Waals surface area contributed by atoms with E-state index in [1.807, 2.05) is 24.3 Å². The van der Waals surface area contributed by atoms with Crippen LogP contribution in [0.4, 0.5) is 0 Å². The second kappa shape index (κ2) is 6.80. The minimum absolute atomic E-state index is 0.233. The van der Waals surface area contributed by atoms with Crippen LogP contribution in [-0.2, 0) is 11.2 Å². The maximum atomic E-state index is 12.7. The van der Waals surface area contributed by atoms with Crippen molar-refractivity contribution in [3.63, 3.8) is 0 Å². The zero-order valence-corrected chi connectivity index (χ0v) is 13.1. The van der Waals surface area contributed by atoms with Gasteiger partial charge in [0.1, 0.15) is 0 Å². The Morgan fingerprint density at radius 2 is 2.10 bits per heavy atom. The fourth-order valence-electron chi connectivity index (χ4n) is 3.10. The lowest BCUT2D eigenvalue weighted by Gasteiger charge is -2.30. The maximum absolute atomic E-state index is 12.7. The monoisotopic (exact) mass is 306 g/mol. The Balaban J connectivity index is 1.63. The largest absolute Gasteiger partial charge is 0.339 e. The Morgan fingerprint density at radius 1 is 1.29 bits per heavy atom. The highest BCUT2D eigenvalue weighted by atomic mass is 35.5. The van der Waals surface area contributed by atoms with Crippen molar-refractivity contribution in [3.05, 3.63) is 34.9 Å². The number of rotatable bonds is 5. The molecule has 21 heavy (non-hydrogen) atoms. The molecule has 0 bridgehead atoms. The molecule has 1 aliphatic carbocycles. The zero-order valence-electron chi connectivity index (χ0n) is 12.4. The van der Waals surface area contributed by atoms with Crippen molar-refractivity contribution in [2.75, 3.05) is 19.6 Å². The van der Waals surface area contributed by atoms with E-state index in [0.717, 1.165) is 38.0 Å². The molecule has 2 aliphatic rings. The third kappa shape index (κ3) is 3.98. The van der Waals surface area contributed by atoms with Gasteiger partial charge in [0.15, 0.2) is 0 Å². The molecule has 1 saturated heterocycles. The lowest BCUT2D eigenvalue weighted by molar-refractivity contribution is -0.131. The first-order chi connectivity index (χ1) is 10.2. The molecule has 0 radical (unpaired) electrons. The predicted octanol–water partition coefficient (Wildman–Crippen LogP) is 2.87. The van der Waals surface area contributed by atoms with Crippen LogP contribution in [0, 0.1) is 5.92 Å². The fourth-order valence-corrected chi connectivity index (χ4v) is 3.31. The molecular weight excluding hydrogens is 284 g/mol. The summed E-state index contributed by atoms with van der Waals surface area (Å²) in [5.41, 5.74) is 0.941. The maximum Gasteiger partial charge on any atom is 0.227 e. The number of benzene rings is 1. The molecule has 0 aromatic heterocycles. The average Bonchev–Trinajstić information content (AvgIpc) is 3.33. The average molecular weight is 307 g/mol. The smallest absolute Gasteiger partial charge is 0.227 e. The standard InChI is InChI=1S/C17H23ClN2O/c18-16-6-2-1-5-14(16)10-17(21)20(15-7-8-15)12-13-4-3-9-19-11-13/h1-2,5-6,13,15,19H,3-4,7-12H2. The molecule has 1 N–H and O–H groups in total. The number of carbonyl (C=O) groups is 1. The molecule has 1 saturated carbocycles. The fraction of sp³-hybridized carbons (Fsp3) is 0.588. The first-order valence-corrected chi connectivity index (χ1v) is 8.35. The van der Waals surface area contributed by atoms with Gasteiger partial charge in [0.2, 0.25) is 5.91 Å². The van der Waals surface area contributed by atoms with Crippen LogP contribution in [-0.4, -0.2) is 36.5 Å². The summed E-state index contributed by atoms with van der Waals surface area (Å²) in [6.07, 6.45) is 5.20. The molecule has 1 atom stereocenters. The minimum atomic E-state index is 0.233. The first-order valence-electron chi connectivity index (χ1n) is 7.97. The topological polar surface area (TPSA) is 32.3 Å². The Hall–Kier alpha value is -1.06. The zero-order chi connectivity index (χ0) is 14.7. The quantitative estimate of drug-likeness (QED) is 0.907. The highest BCUT2D eigenvalue weighted by Gasteiger charge is 2.34. The number of hydrogen-bond donors (Lipinski definition) is 1. The van der Waals surface area contributed by atoms with Crippen molar-refractivity contribution in [1.29, 1.82) is 0 Å². The molecule has 1 aliphatic heterocycles. The molecular formula is C17H23ClN2O. The molecule has 3 nitrogen and oxygen atoms in total. The number of piperidine rings is 1. The Labute approximate surface area is 131 Å². The van der Waals surface area contributed by atoms with Crippen LogP contribution in [0.1, 0.15) is 31.2 Å². The Morgan fingerprint density at radius 3 is 2.76 bits per heavy atom. The number of nitrogens with zero attached hydrogens (tertiary/aromatic N) is 1. The highest BCUT2D eigenvalue weighted by molar-refractivity contribution is 6.31. The minimum Gasteiger partial charge on any atom is -0.339 e. The van der Waals surface area contributed by atoms with Crippen LogP contribution >= 0.6 is 11.6 Å². The molecule has 3 rings (SSSR count). The van der Waals surface area contributed by atoms with Gasteiger partial charge in [-0.25, -0.2) is 0 Å². The third-order valence-corrected chi connectivity index (χ3v) is 4.83. The van der Waals surface area contributed by atoms with Crippen LogP contribution in [0.5, 0.6) is 0 Å². The van der Waals surface area contributed by atoms with Crippen molar-refractivity contribution >= 4 is 17.5 Å². The van der Waals surface area contributed by atoms with Crippen LogP contribution in [0.3, 0.4) is 0 Å². The van der Waals surface area contributed by atoms with Gasteiger partial charge in [0.25, 0.3) is 0 Å². The number of carbonyl (C=O) groups excluding carboxylic acids is 1. The van der Waals surface area contributed by atoms with Crippen LogP contribution < -0.4 is 5.32 Å². The van der Waals surface area contributed by atoms with Gasteiger partial charge < -0.3 is 10.2 Å². The third-order valence-electron chi connectivity index (χ3n) is 4.46. The van der Waals surface area contributed by atoms with E-state index in [2.05, 4.69) is 10.2 Å². The van der Waals surface area contributed by atoms with E-state index in [1.54, 1.807) is 0 Å². The van der Waals surface area contributed by atoms with Crippen molar-refractivity contribution in [3.8, 4) is 0 Å². The van der Waals surface area contributed by atoms with Crippen molar-refractivity contribution < 1.29 is 4.79 Å². The van der Waals surface area contributed by atoms with Crippen molar-refractivity contribution in [1.82, 2.24) is 10.2 Å². The first kappa shape index (κ1) is 14.9. The molecule has 1 aromatic carbocycles. The number of hydrogen-bond acceptors (Lipinski definition) is 2. The number of nitrogens with one attached hydrogen (secondary N) is 1. The summed E-state index contributed by atoms with van der Waals surface area (Å²) in [6, 6.07) is 8.13. The Kier molecular flexibility index (Phi) is 4.81. The van der Waals surface area contributed by atoms with E-state index >= 15 is 0 Å². The predicted molar refractivity (Wildman–Crippen MR) is 85.5 cm³/mol. The van der Waals surface area contributed by atoms with Crippen molar-refractivity contribution in [2.45, 2.75) is 38.1 Å². The molecule has 1 unspecified atom stereocenters. The second-order valence-electron chi connectivity index (χ2n) is 6.26. The highest BCUT2D eigenvalue weighted by Crippen LogP contribution is 2.29. The van der Waals surface area contributed by atoms with E-state index < -0.39 is 0 Å². The van der Waals surface area contributed by atoms with Gasteiger partial charge in [0, 0.05) is 17.6 Å². The van der Waals surface area contributed by atoms with Gasteiger partial charge in [-0.15, -0.1) is 0 Å². The summed E-state index contributed by atoms with van der Waals surface area (Å²) in [6.45, 7) is 3.07. The van der Waals surface area contributed by atoms with Crippen LogP contribution in [0.15, 0.2) is 24.3 Å². The van der Waals surface area contributed by atoms with E-state index in [9.17, 15) is 4.79 Å². The SMILES string of the molecule is O=C(Cc1ccccc1Cl)N(CC1CCCNC1)C1CC1. The lowest BCUT2D eigenvalue weighted by Crippen LogP contribution is -2.42.